The molecule has 3 aromatic carbocycles. The Labute approximate surface area is 237 Å². The van der Waals surface area contributed by atoms with Gasteiger partial charge in [-0.05, 0) is 22.3 Å². The van der Waals surface area contributed by atoms with E-state index in [1.54, 1.807) is 23.9 Å². The van der Waals surface area contributed by atoms with Crippen LogP contribution >= 0.6 is 23.5 Å². The lowest BCUT2D eigenvalue weighted by molar-refractivity contribution is -0.169. The van der Waals surface area contributed by atoms with Gasteiger partial charge in [0.2, 0.25) is 0 Å². The molecular weight excluding hydrogens is 532 g/mol. The fourth-order valence-corrected chi connectivity index (χ4v) is 8.54. The number of benzene rings is 3. The van der Waals surface area contributed by atoms with Crippen molar-refractivity contribution in [3.05, 3.63) is 107 Å². The first kappa shape index (κ1) is 27.7. The summed E-state index contributed by atoms with van der Waals surface area (Å²) < 4.78 is 12.0. The van der Waals surface area contributed by atoms with E-state index in [2.05, 4.69) is 0 Å². The minimum Gasteiger partial charge on any atom is -0.392 e. The monoisotopic (exact) mass is 564 g/mol. The van der Waals surface area contributed by atoms with Crippen molar-refractivity contribution < 1.29 is 24.2 Å². The lowest BCUT2D eigenvalue weighted by Gasteiger charge is -2.50. The first-order valence-corrected chi connectivity index (χ1v) is 14.5. The molecule has 6 rings (SSSR count). The smallest absolute Gasteiger partial charge is 0.262 e. The van der Waals surface area contributed by atoms with E-state index in [4.69, 9.17) is 9.47 Å². The van der Waals surface area contributed by atoms with Crippen molar-refractivity contribution in [2.45, 2.75) is 34.1 Å². The zero-order valence-electron chi connectivity index (χ0n) is 22.0. The van der Waals surface area contributed by atoms with Gasteiger partial charge in [0.25, 0.3) is 11.8 Å². The Morgan fingerprint density at radius 2 is 1.13 bits per heavy atom. The topological polar surface area (TPSA) is 79.3 Å². The number of fused-ring (bicyclic) bond motifs is 4. The lowest BCUT2D eigenvalue weighted by Crippen LogP contribution is -2.73. The van der Waals surface area contributed by atoms with Gasteiger partial charge in [0.15, 0.2) is 9.74 Å². The molecule has 0 aromatic heterocycles. The Morgan fingerprint density at radius 3 is 1.54 bits per heavy atom. The summed E-state index contributed by atoms with van der Waals surface area (Å²) in [5.74, 6) is -0.374. The third kappa shape index (κ3) is 5.34. The number of thioether (sulfide) groups is 2. The molecule has 2 bridgehead atoms. The fraction of sp³-hybridized carbons (Fsp3) is 0.333. The molecule has 0 saturated carbocycles. The number of nitrogens with zero attached hydrogens (tertiary/aromatic N) is 2. The fourth-order valence-electron chi connectivity index (χ4n) is 4.84. The first-order valence-electron chi connectivity index (χ1n) is 12.7. The molecule has 39 heavy (non-hydrogen) atoms. The Balaban J connectivity index is 1.47. The second kappa shape index (κ2) is 11.7. The molecule has 3 heterocycles. The predicted octanol–water partition coefficient (Wildman–Crippen LogP) is 4.41. The summed E-state index contributed by atoms with van der Waals surface area (Å²) in [6.45, 7) is 0.699. The second-order valence-electron chi connectivity index (χ2n) is 9.72. The molecule has 0 radical (unpaired) electrons. The van der Waals surface area contributed by atoms with Crippen LogP contribution in [0, 0.1) is 0 Å². The van der Waals surface area contributed by atoms with Crippen LogP contribution in [0.4, 0.5) is 0 Å². The molecule has 3 fully saturated rings. The van der Waals surface area contributed by atoms with E-state index in [0.29, 0.717) is 13.2 Å². The summed E-state index contributed by atoms with van der Waals surface area (Å²) in [4.78, 5) is 29.0. The lowest BCUT2D eigenvalue weighted by atomic mass is 10.1. The van der Waals surface area contributed by atoms with Crippen LogP contribution in [-0.4, -0.2) is 63.8 Å². The average molecular weight is 565 g/mol. The van der Waals surface area contributed by atoms with E-state index < -0.39 is 9.74 Å². The maximum absolute atomic E-state index is 14.2. The first-order chi connectivity index (χ1) is 18.9. The van der Waals surface area contributed by atoms with Gasteiger partial charge in [0.05, 0.1) is 37.6 Å². The highest BCUT2D eigenvalue weighted by Crippen LogP contribution is 2.60. The third-order valence-electron chi connectivity index (χ3n) is 7.22. The quantitative estimate of drug-likeness (QED) is 0.391. The van der Waals surface area contributed by atoms with Gasteiger partial charge in [-0.25, -0.2) is 0 Å². The van der Waals surface area contributed by atoms with Gasteiger partial charge in [0, 0.05) is 14.1 Å². The van der Waals surface area contributed by atoms with Crippen LogP contribution in [0.1, 0.15) is 26.8 Å². The minimum absolute atomic E-state index is 0.0463. The molecule has 0 spiro atoms. The minimum atomic E-state index is -1.24. The molecule has 9 heteroatoms. The number of hydrogen-bond donors (Lipinski definition) is 1. The average Bonchev–Trinajstić information content (AvgIpc) is 3.13. The summed E-state index contributed by atoms with van der Waals surface area (Å²) >= 11 is 2.86. The van der Waals surface area contributed by atoms with Gasteiger partial charge in [-0.2, -0.15) is 0 Å². The number of ether oxygens (including phenoxy) is 2. The Bertz CT molecular complexity index is 1220. The van der Waals surface area contributed by atoms with Gasteiger partial charge < -0.3 is 24.4 Å². The van der Waals surface area contributed by atoms with E-state index in [9.17, 15) is 14.7 Å². The van der Waals surface area contributed by atoms with Gasteiger partial charge in [-0.15, -0.1) is 23.5 Å². The number of piperazine rings is 1. The SMILES string of the molecule is CN1C(=O)[C@]2(COCc3ccccc3)SC(c3ccc(CO)cc3)S[C@@]1(COCc1ccccc1)C(=O)N2C. The third-order valence-corrected chi connectivity index (χ3v) is 10.7. The van der Waals surface area contributed by atoms with Crippen LogP contribution in [0.15, 0.2) is 84.9 Å². The predicted molar refractivity (Wildman–Crippen MR) is 153 cm³/mol. The molecule has 3 aromatic rings. The number of carbonyl (C=O) groups is 2. The van der Waals surface area contributed by atoms with Crippen LogP contribution in [0.5, 0.6) is 0 Å². The van der Waals surface area contributed by atoms with Crippen molar-refractivity contribution in [2.75, 3.05) is 27.3 Å². The van der Waals surface area contributed by atoms with Crippen molar-refractivity contribution >= 4 is 35.3 Å². The molecule has 0 aliphatic carbocycles. The maximum Gasteiger partial charge on any atom is 0.262 e. The van der Waals surface area contributed by atoms with Crippen molar-refractivity contribution in [2.24, 2.45) is 0 Å². The summed E-state index contributed by atoms with van der Waals surface area (Å²) in [7, 11) is 3.38. The number of likely N-dealkylation sites (N-methyl/N-ethyl adjacent to an activating group) is 2. The molecule has 2 amide bonds. The van der Waals surface area contributed by atoms with Gasteiger partial charge in [-0.1, -0.05) is 84.9 Å². The highest BCUT2D eigenvalue weighted by atomic mass is 32.2. The largest absolute Gasteiger partial charge is 0.392 e. The molecule has 1 N–H and O–H groups in total. The van der Waals surface area contributed by atoms with E-state index >= 15 is 0 Å². The molecule has 204 valence electrons. The zero-order valence-corrected chi connectivity index (χ0v) is 23.6. The molecule has 3 aliphatic rings. The van der Waals surface area contributed by atoms with Crippen LogP contribution < -0.4 is 0 Å². The van der Waals surface area contributed by atoms with Gasteiger partial charge >= 0.3 is 0 Å². The highest BCUT2D eigenvalue weighted by molar-refractivity contribution is 8.18. The second-order valence-corrected chi connectivity index (χ2v) is 12.8. The van der Waals surface area contributed by atoms with E-state index in [0.717, 1.165) is 22.3 Å². The standard InChI is InChI=1S/C30H32N2O5S2/c1-31-27(34)30(21-37-19-24-11-7-4-8-12-24)32(2)28(35)29(31,20-36-18-23-9-5-3-6-10-23)38-26(39-30)25-15-13-22(17-33)14-16-25/h3-16,26,33H,17-21H2,1-2H3/t29-,30-/m0/s1. The summed E-state index contributed by atoms with van der Waals surface area (Å²) in [5.41, 5.74) is 3.74. The van der Waals surface area contributed by atoms with Crippen molar-refractivity contribution in [3.63, 3.8) is 0 Å². The van der Waals surface area contributed by atoms with Gasteiger partial charge in [0.1, 0.15) is 0 Å². The molecular formula is C30H32N2O5S2. The molecule has 2 atom stereocenters. The molecule has 0 unspecified atom stereocenters. The Hall–Kier alpha value is -2.82. The molecule has 7 nitrogen and oxygen atoms in total. The highest BCUT2D eigenvalue weighted by Gasteiger charge is 2.66. The number of carbonyl (C=O) groups excluding carboxylic acids is 2. The summed E-state index contributed by atoms with van der Waals surface area (Å²) in [5, 5.41) is 9.53. The molecule has 3 aliphatic heterocycles. The number of amides is 2. The summed E-state index contributed by atoms with van der Waals surface area (Å²) in [6, 6.07) is 27.2. The Kier molecular flexibility index (Phi) is 8.35. The van der Waals surface area contributed by atoms with Crippen LogP contribution in [0.3, 0.4) is 0 Å². The van der Waals surface area contributed by atoms with Crippen LogP contribution in [0.25, 0.3) is 0 Å². The van der Waals surface area contributed by atoms with Crippen LogP contribution in [-0.2, 0) is 38.9 Å². The normalized spacial score (nSPS) is 24.7. The number of aliphatic hydroxyl groups excluding tert-OH is 1. The van der Waals surface area contributed by atoms with Crippen molar-refractivity contribution in [3.8, 4) is 0 Å². The van der Waals surface area contributed by atoms with E-state index in [1.807, 2.05) is 84.9 Å². The molecule has 3 saturated heterocycles. The van der Waals surface area contributed by atoms with Gasteiger partial charge in [-0.3, -0.25) is 9.59 Å². The Morgan fingerprint density at radius 1 is 0.692 bits per heavy atom. The maximum atomic E-state index is 14.2. The number of aliphatic hydroxyl groups is 1. The van der Waals surface area contributed by atoms with E-state index in [-0.39, 0.29) is 36.2 Å². The zero-order chi connectivity index (χ0) is 27.5. The van der Waals surface area contributed by atoms with E-state index in [1.165, 1.54) is 23.5 Å². The summed E-state index contributed by atoms with van der Waals surface area (Å²) in [6.07, 6.45) is 0. The van der Waals surface area contributed by atoms with Crippen molar-refractivity contribution in [1.82, 2.24) is 9.80 Å². The van der Waals surface area contributed by atoms with Crippen LogP contribution in [0.2, 0.25) is 0 Å². The van der Waals surface area contributed by atoms with Crippen molar-refractivity contribution in [1.29, 1.82) is 0 Å². The number of hydrogen-bond acceptors (Lipinski definition) is 7. The number of rotatable bonds is 10.